The number of aryl methyl sites for hydroxylation is 1. The van der Waals surface area contributed by atoms with Crippen molar-refractivity contribution >= 4 is 71.2 Å². The van der Waals surface area contributed by atoms with Gasteiger partial charge in [-0.3, -0.25) is 0 Å². The second-order valence-electron chi connectivity index (χ2n) is 13.9. The largest absolute Gasteiger partial charge is 0.456 e. The molecule has 6 heteroatoms. The first-order valence-corrected chi connectivity index (χ1v) is 19.4. The van der Waals surface area contributed by atoms with E-state index in [1.54, 1.807) is 0 Å². The molecule has 3 aromatic heterocycles. The van der Waals surface area contributed by atoms with Crippen LogP contribution in [-0.2, 0) is 6.42 Å². The van der Waals surface area contributed by atoms with Gasteiger partial charge < -0.3 is 9.32 Å². The highest BCUT2D eigenvalue weighted by Gasteiger charge is 2.29. The first-order valence-electron chi connectivity index (χ1n) is 18.6. The first kappa shape index (κ1) is 31.6. The van der Waals surface area contributed by atoms with Crippen molar-refractivity contribution in [3.8, 4) is 34.2 Å². The van der Waals surface area contributed by atoms with Gasteiger partial charge in [0.05, 0.1) is 16.8 Å². The fourth-order valence-electron chi connectivity index (χ4n) is 8.00. The van der Waals surface area contributed by atoms with Crippen molar-refractivity contribution in [1.29, 1.82) is 0 Å². The summed E-state index contributed by atoms with van der Waals surface area (Å²) in [5, 5.41) is 5.69. The van der Waals surface area contributed by atoms with Crippen LogP contribution in [0, 0.1) is 0 Å². The fourth-order valence-corrected chi connectivity index (χ4v) is 9.22. The second-order valence-corrected chi connectivity index (χ2v) is 15.0. The van der Waals surface area contributed by atoms with Crippen LogP contribution in [0.15, 0.2) is 174 Å². The molecule has 0 N–H and O–H groups in total. The molecular weight excluding hydrogens is 693 g/mol. The smallest absolute Gasteiger partial charge is 0.164 e. The average Bonchev–Trinajstić information content (AvgIpc) is 3.82. The molecular formula is C49H32N4OS. The van der Waals surface area contributed by atoms with E-state index in [-0.39, 0.29) is 0 Å². The van der Waals surface area contributed by atoms with Gasteiger partial charge in [-0.25, -0.2) is 15.0 Å². The minimum Gasteiger partial charge on any atom is -0.456 e. The van der Waals surface area contributed by atoms with Gasteiger partial charge in [-0.05, 0) is 66.1 Å². The summed E-state index contributed by atoms with van der Waals surface area (Å²) < 4.78 is 8.18. The average molecular weight is 725 g/mol. The molecule has 10 aromatic rings. The van der Waals surface area contributed by atoms with Crippen LogP contribution < -0.4 is 4.90 Å². The van der Waals surface area contributed by atoms with Crippen molar-refractivity contribution in [2.75, 3.05) is 4.90 Å². The van der Waals surface area contributed by atoms with Crippen molar-refractivity contribution < 1.29 is 4.42 Å². The molecule has 0 unspecified atom stereocenters. The summed E-state index contributed by atoms with van der Waals surface area (Å²) in [5.74, 6) is 1.81. The zero-order chi connectivity index (χ0) is 36.3. The Morgan fingerprint density at radius 2 is 1.13 bits per heavy atom. The summed E-state index contributed by atoms with van der Waals surface area (Å²) in [6, 6.07) is 57.0. The third-order valence-electron chi connectivity index (χ3n) is 10.5. The molecule has 0 atom stereocenters. The molecule has 1 aliphatic carbocycles. The maximum atomic E-state index is 6.88. The third-order valence-corrected chi connectivity index (χ3v) is 11.7. The summed E-state index contributed by atoms with van der Waals surface area (Å²) in [5.41, 5.74) is 8.84. The number of anilines is 2. The van der Waals surface area contributed by atoms with E-state index in [4.69, 9.17) is 19.4 Å². The molecule has 0 radical (unpaired) electrons. The summed E-state index contributed by atoms with van der Waals surface area (Å²) in [6.07, 6.45) is 4.38. The Morgan fingerprint density at radius 3 is 1.84 bits per heavy atom. The molecule has 0 bridgehead atoms. The van der Waals surface area contributed by atoms with Crippen molar-refractivity contribution in [1.82, 2.24) is 15.0 Å². The third kappa shape index (κ3) is 5.41. The highest BCUT2D eigenvalue weighted by molar-refractivity contribution is 7.19. The van der Waals surface area contributed by atoms with E-state index < -0.39 is 0 Å². The second kappa shape index (κ2) is 12.9. The monoisotopic (exact) mass is 724 g/mol. The number of allylic oxidation sites excluding steroid dienone is 1. The van der Waals surface area contributed by atoms with E-state index in [1.807, 2.05) is 72.0 Å². The Kier molecular flexibility index (Phi) is 7.42. The minimum atomic E-state index is 0.578. The highest BCUT2D eigenvalue weighted by atomic mass is 32.1. The number of hydrogen-bond acceptors (Lipinski definition) is 6. The molecule has 0 saturated heterocycles. The Hall–Kier alpha value is -6.89. The molecule has 260 valence electrons. The number of aromatic nitrogens is 3. The topological polar surface area (TPSA) is 55.1 Å². The van der Waals surface area contributed by atoms with Crippen LogP contribution in [-0.4, -0.2) is 15.0 Å². The van der Waals surface area contributed by atoms with Crippen LogP contribution in [0.4, 0.5) is 11.4 Å². The SMILES string of the molecule is C1=C(N(c2ccccc2)c2cc(-c3nc(-c4ccccc4)nc(-c4ccccc4)n3)cc3oc4cc5ccccc5cc4c23)c2c(sc3ccccc23)CC1. The van der Waals surface area contributed by atoms with Crippen LogP contribution in [0.5, 0.6) is 0 Å². The van der Waals surface area contributed by atoms with Crippen molar-refractivity contribution in [2.24, 2.45) is 0 Å². The summed E-state index contributed by atoms with van der Waals surface area (Å²) in [6.45, 7) is 0. The lowest BCUT2D eigenvalue weighted by Gasteiger charge is -2.31. The van der Waals surface area contributed by atoms with Crippen molar-refractivity contribution in [3.05, 3.63) is 180 Å². The first-order chi connectivity index (χ1) is 27.2. The predicted molar refractivity (Wildman–Crippen MR) is 228 cm³/mol. The van der Waals surface area contributed by atoms with Gasteiger partial charge in [0.25, 0.3) is 0 Å². The fraction of sp³-hybridized carbons (Fsp3) is 0.0408. The van der Waals surface area contributed by atoms with E-state index in [0.29, 0.717) is 17.5 Å². The number of para-hydroxylation sites is 1. The predicted octanol–water partition coefficient (Wildman–Crippen LogP) is 13.3. The number of nitrogens with zero attached hydrogens (tertiary/aromatic N) is 4. The number of fused-ring (bicyclic) bond motifs is 7. The van der Waals surface area contributed by atoms with E-state index in [0.717, 1.165) is 68.2 Å². The quantitative estimate of drug-likeness (QED) is 0.171. The molecule has 7 aromatic carbocycles. The van der Waals surface area contributed by atoms with Crippen LogP contribution in [0.25, 0.3) is 82.7 Å². The maximum absolute atomic E-state index is 6.88. The Morgan fingerprint density at radius 1 is 0.527 bits per heavy atom. The summed E-state index contributed by atoms with van der Waals surface area (Å²) >= 11 is 1.91. The molecule has 0 spiro atoms. The van der Waals surface area contributed by atoms with Gasteiger partial charge in [-0.2, -0.15) is 0 Å². The Labute approximate surface area is 321 Å². The van der Waals surface area contributed by atoms with Gasteiger partial charge in [0, 0.05) is 48.3 Å². The molecule has 3 heterocycles. The van der Waals surface area contributed by atoms with Crippen LogP contribution >= 0.6 is 11.3 Å². The number of furan rings is 1. The van der Waals surface area contributed by atoms with Crippen molar-refractivity contribution in [2.45, 2.75) is 12.8 Å². The zero-order valence-electron chi connectivity index (χ0n) is 29.7. The van der Waals surface area contributed by atoms with E-state index in [9.17, 15) is 0 Å². The summed E-state index contributed by atoms with van der Waals surface area (Å²) in [4.78, 5) is 19.2. The lowest BCUT2D eigenvalue weighted by Crippen LogP contribution is -2.18. The van der Waals surface area contributed by atoms with Crippen LogP contribution in [0.3, 0.4) is 0 Å². The van der Waals surface area contributed by atoms with Gasteiger partial charge in [0.2, 0.25) is 0 Å². The Bertz CT molecular complexity index is 3040. The van der Waals surface area contributed by atoms with E-state index >= 15 is 0 Å². The molecule has 11 rings (SSSR count). The van der Waals surface area contributed by atoms with Crippen LogP contribution in [0.2, 0.25) is 0 Å². The number of rotatable bonds is 6. The molecule has 0 aliphatic heterocycles. The highest BCUT2D eigenvalue weighted by Crippen LogP contribution is 2.49. The molecule has 55 heavy (non-hydrogen) atoms. The minimum absolute atomic E-state index is 0.578. The molecule has 1 aliphatic rings. The van der Waals surface area contributed by atoms with E-state index in [2.05, 4.69) is 114 Å². The van der Waals surface area contributed by atoms with Crippen molar-refractivity contribution in [3.63, 3.8) is 0 Å². The molecule has 5 nitrogen and oxygen atoms in total. The standard InChI is InChI=1S/C49H32N4OS/c1-4-15-31(16-5-1)47-50-48(32-17-6-2-7-18-32)52-49(51-47)35-28-40(45-38-27-33-19-10-11-20-34(33)29-41(38)54-42(45)30-35)53(36-21-8-3-9-22-36)39-24-14-26-44-46(39)37-23-12-13-25-43(37)55-44/h1-13,15-25,27-30H,14,26H2. The van der Waals surface area contributed by atoms with Gasteiger partial charge in [0.15, 0.2) is 17.5 Å². The molecule has 0 fully saturated rings. The lowest BCUT2D eigenvalue weighted by atomic mass is 9.96. The van der Waals surface area contributed by atoms with Gasteiger partial charge in [0.1, 0.15) is 11.2 Å². The number of benzene rings is 7. The van der Waals surface area contributed by atoms with Crippen LogP contribution in [0.1, 0.15) is 16.9 Å². The van der Waals surface area contributed by atoms with Gasteiger partial charge in [-0.15, -0.1) is 11.3 Å². The lowest BCUT2D eigenvalue weighted by molar-refractivity contribution is 0.669. The molecule has 0 saturated carbocycles. The van der Waals surface area contributed by atoms with Gasteiger partial charge in [-0.1, -0.05) is 127 Å². The maximum Gasteiger partial charge on any atom is 0.164 e. The Balaban J connectivity index is 1.23. The van der Waals surface area contributed by atoms with E-state index in [1.165, 1.54) is 31.6 Å². The number of hydrogen-bond donors (Lipinski definition) is 0. The normalized spacial score (nSPS) is 12.7. The number of thiophene rings is 1. The zero-order valence-corrected chi connectivity index (χ0v) is 30.5. The van der Waals surface area contributed by atoms with Gasteiger partial charge >= 0.3 is 0 Å². The summed E-state index contributed by atoms with van der Waals surface area (Å²) in [7, 11) is 0. The molecule has 0 amide bonds.